The molecule has 0 saturated carbocycles. The zero-order chi connectivity index (χ0) is 13.2. The van der Waals surface area contributed by atoms with E-state index in [9.17, 15) is 0 Å². The highest BCUT2D eigenvalue weighted by Gasteiger charge is 2.09. The van der Waals surface area contributed by atoms with Gasteiger partial charge in [0, 0.05) is 5.56 Å². The molecule has 2 aromatic heterocycles. The van der Waals surface area contributed by atoms with Crippen LogP contribution in [-0.4, -0.2) is 0 Å². The van der Waals surface area contributed by atoms with Crippen LogP contribution in [-0.2, 0) is 0 Å². The summed E-state index contributed by atoms with van der Waals surface area (Å²) in [6.07, 6.45) is 0. The average Bonchev–Trinajstić information content (AvgIpc) is 3.07. The van der Waals surface area contributed by atoms with Crippen LogP contribution in [0.3, 0.4) is 0 Å². The van der Waals surface area contributed by atoms with Gasteiger partial charge in [-0.05, 0) is 64.5 Å². The van der Waals surface area contributed by atoms with Crippen molar-refractivity contribution in [2.24, 2.45) is 0 Å². The fourth-order valence-corrected chi connectivity index (χ4v) is 2.09. The van der Waals surface area contributed by atoms with Crippen LogP contribution in [0.25, 0.3) is 22.8 Å². The Kier molecular flexibility index (Phi) is 2.98. The molecule has 0 fully saturated rings. The topological polar surface area (TPSA) is 50.1 Å². The predicted molar refractivity (Wildman–Crippen MR) is 74.3 cm³/mol. The van der Waals surface area contributed by atoms with Gasteiger partial charge in [-0.25, -0.2) is 0 Å². The first-order valence-corrected chi connectivity index (χ1v) is 6.41. The highest BCUT2D eigenvalue weighted by Crippen LogP contribution is 2.30. The van der Waals surface area contributed by atoms with Crippen molar-refractivity contribution in [1.82, 2.24) is 0 Å². The van der Waals surface area contributed by atoms with Gasteiger partial charge in [0.05, 0.1) is 11.6 Å². The van der Waals surface area contributed by atoms with Gasteiger partial charge in [0.25, 0.3) is 0 Å². The fraction of sp³-hybridized carbons (Fsp3) is 0. The second-order valence-electron chi connectivity index (χ2n) is 3.96. The Bertz CT molecular complexity index is 747. The SMILES string of the molecule is N#Cc1ccc(-c2ccc(-c3ccc(Br)o3)o2)cc1. The van der Waals surface area contributed by atoms with Gasteiger partial charge >= 0.3 is 0 Å². The minimum atomic E-state index is 0.630. The van der Waals surface area contributed by atoms with Crippen LogP contribution in [0.2, 0.25) is 0 Å². The quantitative estimate of drug-likeness (QED) is 0.680. The maximum atomic E-state index is 8.76. The zero-order valence-corrected chi connectivity index (χ0v) is 11.3. The number of furan rings is 2. The molecule has 92 valence electrons. The highest BCUT2D eigenvalue weighted by atomic mass is 79.9. The fourth-order valence-electron chi connectivity index (χ4n) is 1.78. The lowest BCUT2D eigenvalue weighted by Gasteiger charge is -1.96. The minimum absolute atomic E-state index is 0.630. The number of nitriles is 1. The van der Waals surface area contributed by atoms with Crippen molar-refractivity contribution < 1.29 is 8.83 Å². The first-order chi connectivity index (χ1) is 9.26. The van der Waals surface area contributed by atoms with Crippen LogP contribution in [0.4, 0.5) is 0 Å². The van der Waals surface area contributed by atoms with Crippen molar-refractivity contribution >= 4 is 15.9 Å². The third-order valence-corrected chi connectivity index (χ3v) is 3.15. The summed E-state index contributed by atoms with van der Waals surface area (Å²) in [5.41, 5.74) is 1.56. The van der Waals surface area contributed by atoms with Crippen LogP contribution >= 0.6 is 15.9 Å². The first-order valence-electron chi connectivity index (χ1n) is 5.62. The minimum Gasteiger partial charge on any atom is -0.453 e. The summed E-state index contributed by atoms with van der Waals surface area (Å²) in [7, 11) is 0. The summed E-state index contributed by atoms with van der Waals surface area (Å²) in [5, 5.41) is 8.76. The van der Waals surface area contributed by atoms with Crippen molar-refractivity contribution in [3.8, 4) is 28.9 Å². The van der Waals surface area contributed by atoms with Gasteiger partial charge in [0.1, 0.15) is 5.76 Å². The molecule has 0 aliphatic rings. The van der Waals surface area contributed by atoms with Gasteiger partial charge < -0.3 is 8.83 Å². The van der Waals surface area contributed by atoms with Crippen molar-refractivity contribution in [3.05, 3.63) is 58.8 Å². The third-order valence-electron chi connectivity index (χ3n) is 2.72. The monoisotopic (exact) mass is 313 g/mol. The standard InChI is InChI=1S/C15H8BrNO2/c16-15-8-7-14(19-15)13-6-5-12(18-13)11-3-1-10(9-17)2-4-11/h1-8H. The molecule has 0 bridgehead atoms. The maximum Gasteiger partial charge on any atom is 0.170 e. The number of benzene rings is 1. The van der Waals surface area contributed by atoms with Crippen molar-refractivity contribution in [3.63, 3.8) is 0 Å². The van der Waals surface area contributed by atoms with Crippen molar-refractivity contribution in [2.45, 2.75) is 0 Å². The Labute approximate surface area is 118 Å². The summed E-state index contributed by atoms with van der Waals surface area (Å²) < 4.78 is 11.8. The van der Waals surface area contributed by atoms with Crippen LogP contribution in [0.15, 0.2) is 62.0 Å². The normalized spacial score (nSPS) is 10.3. The second kappa shape index (κ2) is 4.79. The third kappa shape index (κ3) is 2.33. The molecule has 0 aliphatic heterocycles. The predicted octanol–water partition coefficient (Wildman–Crippen LogP) is 4.84. The van der Waals surface area contributed by atoms with E-state index in [0.29, 0.717) is 21.8 Å². The van der Waals surface area contributed by atoms with E-state index in [1.165, 1.54) is 0 Å². The Morgan fingerprint density at radius 3 is 2.05 bits per heavy atom. The van der Waals surface area contributed by atoms with Gasteiger partial charge in [-0.15, -0.1) is 0 Å². The molecule has 2 heterocycles. The molecule has 0 aliphatic carbocycles. The smallest absolute Gasteiger partial charge is 0.170 e. The molecular weight excluding hydrogens is 306 g/mol. The first kappa shape index (κ1) is 11.8. The molecular formula is C15H8BrNO2. The Hall–Kier alpha value is -2.25. The van der Waals surface area contributed by atoms with E-state index in [-0.39, 0.29) is 0 Å². The van der Waals surface area contributed by atoms with Crippen LogP contribution in [0, 0.1) is 11.3 Å². The molecule has 19 heavy (non-hydrogen) atoms. The Morgan fingerprint density at radius 1 is 0.789 bits per heavy atom. The molecule has 0 N–H and O–H groups in total. The van der Waals surface area contributed by atoms with E-state index in [2.05, 4.69) is 22.0 Å². The van der Waals surface area contributed by atoms with Gasteiger partial charge in [0.2, 0.25) is 0 Å². The van der Waals surface area contributed by atoms with Gasteiger partial charge in [-0.1, -0.05) is 0 Å². The molecule has 0 atom stereocenters. The number of hydrogen-bond acceptors (Lipinski definition) is 3. The molecule has 0 amide bonds. The largest absolute Gasteiger partial charge is 0.453 e. The van der Waals surface area contributed by atoms with E-state index in [4.69, 9.17) is 14.1 Å². The number of halogens is 1. The molecule has 3 aromatic rings. The van der Waals surface area contributed by atoms with Crippen LogP contribution in [0.1, 0.15) is 5.56 Å². The lowest BCUT2D eigenvalue weighted by atomic mass is 10.1. The van der Waals surface area contributed by atoms with E-state index < -0.39 is 0 Å². The molecule has 0 radical (unpaired) electrons. The van der Waals surface area contributed by atoms with E-state index in [0.717, 1.165) is 11.3 Å². The molecule has 0 unspecified atom stereocenters. The zero-order valence-electron chi connectivity index (χ0n) is 9.76. The van der Waals surface area contributed by atoms with Gasteiger partial charge in [-0.2, -0.15) is 5.26 Å². The maximum absolute atomic E-state index is 8.76. The lowest BCUT2D eigenvalue weighted by Crippen LogP contribution is -1.75. The number of nitrogens with zero attached hydrogens (tertiary/aromatic N) is 1. The summed E-state index contributed by atoms with van der Waals surface area (Å²) in [5.74, 6) is 2.09. The molecule has 3 rings (SSSR count). The number of hydrogen-bond donors (Lipinski definition) is 0. The highest BCUT2D eigenvalue weighted by molar-refractivity contribution is 9.10. The summed E-state index contributed by atoms with van der Waals surface area (Å²) in [6.45, 7) is 0. The Morgan fingerprint density at radius 2 is 1.42 bits per heavy atom. The van der Waals surface area contributed by atoms with E-state index >= 15 is 0 Å². The van der Waals surface area contributed by atoms with Crippen LogP contribution < -0.4 is 0 Å². The Balaban J connectivity index is 1.94. The summed E-state index contributed by atoms with van der Waals surface area (Å²) in [4.78, 5) is 0. The molecule has 1 aromatic carbocycles. The summed E-state index contributed by atoms with van der Waals surface area (Å²) in [6, 6.07) is 16.7. The lowest BCUT2D eigenvalue weighted by molar-refractivity contribution is 0.516. The molecule has 3 nitrogen and oxygen atoms in total. The summed E-state index contributed by atoms with van der Waals surface area (Å²) >= 11 is 3.26. The van der Waals surface area contributed by atoms with E-state index in [1.54, 1.807) is 12.1 Å². The van der Waals surface area contributed by atoms with Gasteiger partial charge in [-0.3, -0.25) is 0 Å². The van der Waals surface area contributed by atoms with E-state index in [1.807, 2.05) is 36.4 Å². The molecule has 0 saturated heterocycles. The average molecular weight is 314 g/mol. The van der Waals surface area contributed by atoms with Crippen molar-refractivity contribution in [1.29, 1.82) is 5.26 Å². The number of rotatable bonds is 2. The molecule has 4 heteroatoms. The molecule has 0 spiro atoms. The second-order valence-corrected chi connectivity index (χ2v) is 4.74. The van der Waals surface area contributed by atoms with Crippen molar-refractivity contribution in [2.75, 3.05) is 0 Å². The van der Waals surface area contributed by atoms with Gasteiger partial charge in [0.15, 0.2) is 16.2 Å². The van der Waals surface area contributed by atoms with Crippen LogP contribution in [0.5, 0.6) is 0 Å².